The smallest absolute Gasteiger partial charge is 0.135 e. The van der Waals surface area contributed by atoms with Crippen LogP contribution in [0.1, 0.15) is 44.3 Å². The molecule has 1 fully saturated rings. The lowest BCUT2D eigenvalue weighted by Gasteiger charge is -2.08. The zero-order valence-corrected chi connectivity index (χ0v) is 11.7. The van der Waals surface area contributed by atoms with Gasteiger partial charge < -0.3 is 10.4 Å². The lowest BCUT2D eigenvalue weighted by molar-refractivity contribution is 0.296. The molecule has 18 heavy (non-hydrogen) atoms. The van der Waals surface area contributed by atoms with E-state index in [0.29, 0.717) is 5.92 Å². The predicted molar refractivity (Wildman–Crippen MR) is 75.2 cm³/mol. The van der Waals surface area contributed by atoms with Crippen molar-refractivity contribution in [3.8, 4) is 0 Å². The van der Waals surface area contributed by atoms with Crippen molar-refractivity contribution < 1.29 is 5.11 Å². The van der Waals surface area contributed by atoms with Gasteiger partial charge in [0, 0.05) is 30.9 Å². The first-order valence-electron chi connectivity index (χ1n) is 6.70. The standard InChI is InChI=1S/C13H21N3OS/c1-2-6-14-11-9-12(18-8-3-7-17)16-13(15-11)10-4-5-10/h9-10,17H,2-8H2,1H3,(H,14,15,16). The van der Waals surface area contributed by atoms with Gasteiger partial charge in [-0.15, -0.1) is 11.8 Å². The highest BCUT2D eigenvalue weighted by molar-refractivity contribution is 7.99. The van der Waals surface area contributed by atoms with Crippen molar-refractivity contribution in [1.82, 2.24) is 9.97 Å². The largest absolute Gasteiger partial charge is 0.396 e. The van der Waals surface area contributed by atoms with Crippen molar-refractivity contribution in [3.05, 3.63) is 11.9 Å². The van der Waals surface area contributed by atoms with Gasteiger partial charge in [-0.1, -0.05) is 6.92 Å². The number of aliphatic hydroxyl groups is 1. The lowest BCUT2D eigenvalue weighted by atomic mass is 10.4. The highest BCUT2D eigenvalue weighted by Crippen LogP contribution is 2.39. The maximum absolute atomic E-state index is 8.81. The molecule has 4 nitrogen and oxygen atoms in total. The van der Waals surface area contributed by atoms with E-state index in [1.807, 2.05) is 6.07 Å². The second kappa shape index (κ2) is 6.95. The van der Waals surface area contributed by atoms with Crippen LogP contribution < -0.4 is 5.32 Å². The number of thioether (sulfide) groups is 1. The van der Waals surface area contributed by atoms with Crippen LogP contribution in [0.4, 0.5) is 5.82 Å². The number of rotatable bonds is 8. The summed E-state index contributed by atoms with van der Waals surface area (Å²) in [5, 5.41) is 13.2. The van der Waals surface area contributed by atoms with Gasteiger partial charge in [-0.2, -0.15) is 0 Å². The number of hydrogen-bond acceptors (Lipinski definition) is 5. The molecule has 0 amide bonds. The predicted octanol–water partition coefficient (Wildman–Crippen LogP) is 2.65. The van der Waals surface area contributed by atoms with Crippen LogP contribution in [0, 0.1) is 0 Å². The summed E-state index contributed by atoms with van der Waals surface area (Å²) < 4.78 is 0. The quantitative estimate of drug-likeness (QED) is 0.431. The highest BCUT2D eigenvalue weighted by Gasteiger charge is 2.27. The van der Waals surface area contributed by atoms with Crippen molar-refractivity contribution in [2.24, 2.45) is 0 Å². The molecule has 0 unspecified atom stereocenters. The minimum Gasteiger partial charge on any atom is -0.396 e. The highest BCUT2D eigenvalue weighted by atomic mass is 32.2. The van der Waals surface area contributed by atoms with E-state index in [-0.39, 0.29) is 6.61 Å². The Morgan fingerprint density at radius 3 is 2.94 bits per heavy atom. The molecule has 5 heteroatoms. The van der Waals surface area contributed by atoms with E-state index in [9.17, 15) is 0 Å². The first-order chi connectivity index (χ1) is 8.83. The molecule has 2 rings (SSSR count). The topological polar surface area (TPSA) is 58.0 Å². The van der Waals surface area contributed by atoms with Crippen LogP contribution in [0.3, 0.4) is 0 Å². The Labute approximate surface area is 113 Å². The average Bonchev–Trinajstić information content (AvgIpc) is 3.21. The van der Waals surface area contributed by atoms with Gasteiger partial charge >= 0.3 is 0 Å². The molecule has 0 spiro atoms. The zero-order chi connectivity index (χ0) is 12.8. The Morgan fingerprint density at radius 2 is 2.28 bits per heavy atom. The molecule has 0 aliphatic heterocycles. The summed E-state index contributed by atoms with van der Waals surface area (Å²) in [7, 11) is 0. The van der Waals surface area contributed by atoms with Crippen LogP contribution in [-0.2, 0) is 0 Å². The van der Waals surface area contributed by atoms with Gasteiger partial charge in [-0.25, -0.2) is 9.97 Å². The van der Waals surface area contributed by atoms with Gasteiger partial charge in [0.15, 0.2) is 0 Å². The van der Waals surface area contributed by atoms with Crippen molar-refractivity contribution in [3.63, 3.8) is 0 Å². The first-order valence-corrected chi connectivity index (χ1v) is 7.68. The molecule has 1 saturated carbocycles. The Morgan fingerprint density at radius 1 is 1.44 bits per heavy atom. The van der Waals surface area contributed by atoms with Crippen LogP contribution >= 0.6 is 11.8 Å². The number of hydrogen-bond donors (Lipinski definition) is 2. The zero-order valence-electron chi connectivity index (χ0n) is 10.9. The summed E-state index contributed by atoms with van der Waals surface area (Å²) in [6.07, 6.45) is 4.34. The Bertz CT molecular complexity index is 382. The molecule has 0 bridgehead atoms. The Balaban J connectivity index is 2.03. The van der Waals surface area contributed by atoms with Crippen molar-refractivity contribution in [1.29, 1.82) is 0 Å². The van der Waals surface area contributed by atoms with E-state index in [1.54, 1.807) is 11.8 Å². The average molecular weight is 267 g/mol. The number of anilines is 1. The fourth-order valence-electron chi connectivity index (χ4n) is 1.63. The minimum absolute atomic E-state index is 0.245. The fourth-order valence-corrected chi connectivity index (χ4v) is 2.46. The summed E-state index contributed by atoms with van der Waals surface area (Å²) in [5.74, 6) is 3.42. The number of nitrogens with zero attached hydrogens (tertiary/aromatic N) is 2. The first kappa shape index (κ1) is 13.6. The summed E-state index contributed by atoms with van der Waals surface area (Å²) in [4.78, 5) is 9.18. The SMILES string of the molecule is CCCNc1cc(SCCCO)nc(C2CC2)n1. The van der Waals surface area contributed by atoms with E-state index in [4.69, 9.17) is 5.11 Å². The molecule has 1 heterocycles. The van der Waals surface area contributed by atoms with Crippen molar-refractivity contribution >= 4 is 17.6 Å². The number of aliphatic hydroxyl groups excluding tert-OH is 1. The lowest BCUT2D eigenvalue weighted by Crippen LogP contribution is -2.05. The molecule has 0 saturated heterocycles. The molecule has 1 aromatic rings. The van der Waals surface area contributed by atoms with Gasteiger partial charge in [0.1, 0.15) is 16.7 Å². The monoisotopic (exact) mass is 267 g/mol. The molecule has 0 atom stereocenters. The van der Waals surface area contributed by atoms with Gasteiger partial charge in [0.25, 0.3) is 0 Å². The molecule has 2 N–H and O–H groups in total. The molecule has 0 radical (unpaired) electrons. The van der Waals surface area contributed by atoms with Crippen molar-refractivity contribution in [2.45, 2.75) is 43.6 Å². The summed E-state index contributed by atoms with van der Waals surface area (Å²) in [5.41, 5.74) is 0. The number of aromatic nitrogens is 2. The number of nitrogens with one attached hydrogen (secondary N) is 1. The van der Waals surface area contributed by atoms with Gasteiger partial charge in [0.05, 0.1) is 0 Å². The van der Waals surface area contributed by atoms with E-state index in [1.165, 1.54) is 12.8 Å². The third-order valence-corrected chi connectivity index (χ3v) is 3.77. The van der Waals surface area contributed by atoms with Crippen molar-refractivity contribution in [2.75, 3.05) is 24.2 Å². The molecular formula is C13H21N3OS. The van der Waals surface area contributed by atoms with Crippen LogP contribution in [0.5, 0.6) is 0 Å². The molecule has 1 aliphatic carbocycles. The van der Waals surface area contributed by atoms with Crippen LogP contribution in [-0.4, -0.2) is 34.0 Å². The maximum atomic E-state index is 8.81. The summed E-state index contributed by atoms with van der Waals surface area (Å²) in [6.45, 7) is 3.34. The van der Waals surface area contributed by atoms with Gasteiger partial charge in [-0.3, -0.25) is 0 Å². The third kappa shape index (κ3) is 4.14. The van der Waals surface area contributed by atoms with Crippen LogP contribution in [0.15, 0.2) is 11.1 Å². The Hall–Kier alpha value is -0.810. The van der Waals surface area contributed by atoms with E-state index in [0.717, 1.165) is 41.8 Å². The van der Waals surface area contributed by atoms with E-state index < -0.39 is 0 Å². The second-order valence-electron chi connectivity index (χ2n) is 4.58. The van der Waals surface area contributed by atoms with Crippen LogP contribution in [0.25, 0.3) is 0 Å². The molecule has 0 aromatic carbocycles. The van der Waals surface area contributed by atoms with Gasteiger partial charge in [-0.05, 0) is 25.7 Å². The fraction of sp³-hybridized carbons (Fsp3) is 0.692. The summed E-state index contributed by atoms with van der Waals surface area (Å²) in [6, 6.07) is 2.02. The molecular weight excluding hydrogens is 246 g/mol. The van der Waals surface area contributed by atoms with Gasteiger partial charge in [0.2, 0.25) is 0 Å². The Kier molecular flexibility index (Phi) is 5.26. The minimum atomic E-state index is 0.245. The van der Waals surface area contributed by atoms with E-state index >= 15 is 0 Å². The maximum Gasteiger partial charge on any atom is 0.135 e. The second-order valence-corrected chi connectivity index (χ2v) is 5.69. The summed E-state index contributed by atoms with van der Waals surface area (Å²) >= 11 is 1.70. The molecule has 1 aromatic heterocycles. The normalized spacial score (nSPS) is 14.8. The van der Waals surface area contributed by atoms with Crippen LogP contribution in [0.2, 0.25) is 0 Å². The van der Waals surface area contributed by atoms with E-state index in [2.05, 4.69) is 22.2 Å². The molecule has 100 valence electrons. The third-order valence-electron chi connectivity index (χ3n) is 2.77. The molecule has 1 aliphatic rings.